The summed E-state index contributed by atoms with van der Waals surface area (Å²) >= 11 is 0. The average Bonchev–Trinajstić information content (AvgIpc) is 2.78. The van der Waals surface area contributed by atoms with Crippen molar-refractivity contribution in [1.29, 1.82) is 0 Å². The maximum atomic E-state index is 11.0. The summed E-state index contributed by atoms with van der Waals surface area (Å²) in [6, 6.07) is 13.1. The van der Waals surface area contributed by atoms with Crippen LogP contribution in [0.3, 0.4) is 0 Å². The fourth-order valence-electron chi connectivity index (χ4n) is 2.34. The lowest BCUT2D eigenvalue weighted by Gasteiger charge is -2.03. The van der Waals surface area contributed by atoms with E-state index in [1.165, 1.54) is 0 Å². The first-order valence-corrected chi connectivity index (χ1v) is 6.39. The maximum Gasteiger partial charge on any atom is 0.335 e. The zero-order chi connectivity index (χ0) is 14.1. The van der Waals surface area contributed by atoms with Gasteiger partial charge in [-0.15, -0.1) is 0 Å². The lowest BCUT2D eigenvalue weighted by atomic mass is 10.0. The van der Waals surface area contributed by atoms with E-state index in [1.54, 1.807) is 18.2 Å². The number of aryl methyl sites for hydroxylation is 1. The normalized spacial score (nSPS) is 10.8. The van der Waals surface area contributed by atoms with Crippen molar-refractivity contribution in [2.24, 2.45) is 0 Å². The van der Waals surface area contributed by atoms with E-state index in [1.807, 2.05) is 25.1 Å². The van der Waals surface area contributed by atoms with Gasteiger partial charge in [0.2, 0.25) is 0 Å². The molecule has 1 heterocycles. The molecule has 1 aromatic heterocycles. The van der Waals surface area contributed by atoms with E-state index in [9.17, 15) is 4.79 Å². The van der Waals surface area contributed by atoms with Gasteiger partial charge in [0.1, 0.15) is 5.82 Å². The Balaban J connectivity index is 1.92. The van der Waals surface area contributed by atoms with Crippen molar-refractivity contribution in [2.45, 2.75) is 13.3 Å². The third-order valence-electron chi connectivity index (χ3n) is 3.25. The number of rotatable bonds is 3. The molecule has 0 atom stereocenters. The molecule has 0 amide bonds. The van der Waals surface area contributed by atoms with E-state index < -0.39 is 5.97 Å². The zero-order valence-electron chi connectivity index (χ0n) is 11.1. The third kappa shape index (κ3) is 2.40. The van der Waals surface area contributed by atoms with Crippen molar-refractivity contribution in [2.75, 3.05) is 0 Å². The number of benzene rings is 2. The SMILES string of the molecule is Cc1nc2ccc(Cc3cccc(C(=O)O)c3)cc2[nH]1. The second-order valence-electron chi connectivity index (χ2n) is 4.86. The molecule has 20 heavy (non-hydrogen) atoms. The Morgan fingerprint density at radius 2 is 2.00 bits per heavy atom. The molecule has 4 nitrogen and oxygen atoms in total. The number of imidazole rings is 1. The van der Waals surface area contributed by atoms with Crippen LogP contribution < -0.4 is 0 Å². The van der Waals surface area contributed by atoms with Crippen LogP contribution in [0.1, 0.15) is 27.3 Å². The molecule has 4 heteroatoms. The first-order valence-electron chi connectivity index (χ1n) is 6.39. The van der Waals surface area contributed by atoms with E-state index in [4.69, 9.17) is 5.11 Å². The number of aromatic amines is 1. The highest BCUT2D eigenvalue weighted by Crippen LogP contribution is 2.17. The van der Waals surface area contributed by atoms with E-state index >= 15 is 0 Å². The van der Waals surface area contributed by atoms with Crippen molar-refractivity contribution in [3.05, 3.63) is 65.0 Å². The first kappa shape index (κ1) is 12.4. The summed E-state index contributed by atoms with van der Waals surface area (Å²) in [6.07, 6.45) is 0.703. The van der Waals surface area contributed by atoms with Gasteiger partial charge < -0.3 is 10.1 Å². The van der Waals surface area contributed by atoms with Gasteiger partial charge in [-0.3, -0.25) is 0 Å². The molecular formula is C16H14N2O2. The zero-order valence-corrected chi connectivity index (χ0v) is 11.1. The van der Waals surface area contributed by atoms with Crippen LogP contribution in [0.5, 0.6) is 0 Å². The molecule has 0 saturated carbocycles. The van der Waals surface area contributed by atoms with Gasteiger partial charge in [0.25, 0.3) is 0 Å². The van der Waals surface area contributed by atoms with Crippen molar-refractivity contribution in [3.63, 3.8) is 0 Å². The summed E-state index contributed by atoms with van der Waals surface area (Å²) in [5.74, 6) is -0.00322. The van der Waals surface area contributed by atoms with Gasteiger partial charge in [-0.25, -0.2) is 9.78 Å². The average molecular weight is 266 g/mol. The number of hydrogen-bond acceptors (Lipinski definition) is 2. The highest BCUT2D eigenvalue weighted by Gasteiger charge is 2.05. The number of nitrogens with zero attached hydrogens (tertiary/aromatic N) is 1. The summed E-state index contributed by atoms with van der Waals surface area (Å²) in [7, 11) is 0. The standard InChI is InChI=1S/C16H14N2O2/c1-10-17-14-6-5-12(9-15(14)18-10)7-11-3-2-4-13(8-11)16(19)20/h2-6,8-9H,7H2,1H3,(H,17,18)(H,19,20). The second kappa shape index (κ2) is 4.81. The number of aromatic nitrogens is 2. The summed E-state index contributed by atoms with van der Waals surface area (Å²) in [5.41, 5.74) is 4.39. The van der Waals surface area contributed by atoms with Crippen LogP contribution in [0.4, 0.5) is 0 Å². The Labute approximate surface area is 116 Å². The lowest BCUT2D eigenvalue weighted by molar-refractivity contribution is 0.0697. The van der Waals surface area contributed by atoms with Crippen LogP contribution in [-0.4, -0.2) is 21.0 Å². The van der Waals surface area contributed by atoms with Gasteiger partial charge in [0, 0.05) is 0 Å². The van der Waals surface area contributed by atoms with E-state index in [2.05, 4.69) is 16.0 Å². The number of fused-ring (bicyclic) bond motifs is 1. The summed E-state index contributed by atoms with van der Waals surface area (Å²) in [6.45, 7) is 1.93. The van der Waals surface area contributed by atoms with Crippen LogP contribution >= 0.6 is 0 Å². The Bertz CT molecular complexity index is 790. The number of carboxylic acids is 1. The summed E-state index contributed by atoms with van der Waals surface area (Å²) < 4.78 is 0. The molecular weight excluding hydrogens is 252 g/mol. The predicted molar refractivity (Wildman–Crippen MR) is 77.0 cm³/mol. The number of hydrogen-bond donors (Lipinski definition) is 2. The Hall–Kier alpha value is -2.62. The molecule has 0 radical (unpaired) electrons. The second-order valence-corrected chi connectivity index (χ2v) is 4.86. The van der Waals surface area contributed by atoms with Crippen LogP contribution in [0.15, 0.2) is 42.5 Å². The van der Waals surface area contributed by atoms with Gasteiger partial charge in [0.15, 0.2) is 0 Å². The van der Waals surface area contributed by atoms with Crippen LogP contribution in [0, 0.1) is 6.92 Å². The van der Waals surface area contributed by atoms with Crippen molar-refractivity contribution >= 4 is 17.0 Å². The van der Waals surface area contributed by atoms with Crippen LogP contribution in [0.2, 0.25) is 0 Å². The minimum Gasteiger partial charge on any atom is -0.478 e. The Morgan fingerprint density at radius 1 is 1.20 bits per heavy atom. The van der Waals surface area contributed by atoms with E-state index in [0.717, 1.165) is 28.0 Å². The number of aromatic carboxylic acids is 1. The third-order valence-corrected chi connectivity index (χ3v) is 3.25. The molecule has 0 aliphatic rings. The monoisotopic (exact) mass is 266 g/mol. The topological polar surface area (TPSA) is 66.0 Å². The fourth-order valence-corrected chi connectivity index (χ4v) is 2.34. The predicted octanol–water partition coefficient (Wildman–Crippen LogP) is 3.16. The molecule has 0 aliphatic heterocycles. The Kier molecular flexibility index (Phi) is 2.99. The Morgan fingerprint density at radius 3 is 2.80 bits per heavy atom. The minimum absolute atomic E-state index is 0.320. The van der Waals surface area contributed by atoms with Crippen molar-refractivity contribution in [3.8, 4) is 0 Å². The van der Waals surface area contributed by atoms with E-state index in [0.29, 0.717) is 12.0 Å². The molecule has 0 unspecified atom stereocenters. The highest BCUT2D eigenvalue weighted by molar-refractivity contribution is 5.87. The van der Waals surface area contributed by atoms with Gasteiger partial charge in [-0.2, -0.15) is 0 Å². The number of carbonyl (C=O) groups is 1. The molecule has 0 spiro atoms. The molecule has 100 valence electrons. The molecule has 3 aromatic rings. The molecule has 2 N–H and O–H groups in total. The number of H-pyrrole nitrogens is 1. The molecule has 3 rings (SSSR count). The maximum absolute atomic E-state index is 11.0. The van der Waals surface area contributed by atoms with Crippen molar-refractivity contribution < 1.29 is 9.90 Å². The molecule has 2 aromatic carbocycles. The molecule has 0 aliphatic carbocycles. The lowest BCUT2D eigenvalue weighted by Crippen LogP contribution is -1.97. The molecule has 0 fully saturated rings. The van der Waals surface area contributed by atoms with Gasteiger partial charge in [-0.05, 0) is 48.7 Å². The number of carboxylic acid groups (broad SMARTS) is 1. The van der Waals surface area contributed by atoms with Gasteiger partial charge >= 0.3 is 5.97 Å². The van der Waals surface area contributed by atoms with E-state index in [-0.39, 0.29) is 0 Å². The van der Waals surface area contributed by atoms with Gasteiger partial charge in [-0.1, -0.05) is 18.2 Å². The van der Waals surface area contributed by atoms with Crippen LogP contribution in [0.25, 0.3) is 11.0 Å². The minimum atomic E-state index is -0.897. The highest BCUT2D eigenvalue weighted by atomic mass is 16.4. The van der Waals surface area contributed by atoms with Gasteiger partial charge in [0.05, 0.1) is 16.6 Å². The quantitative estimate of drug-likeness (QED) is 0.765. The molecule has 0 bridgehead atoms. The fraction of sp³-hybridized carbons (Fsp3) is 0.125. The largest absolute Gasteiger partial charge is 0.478 e. The smallest absolute Gasteiger partial charge is 0.335 e. The molecule has 0 saturated heterocycles. The summed E-state index contributed by atoms with van der Waals surface area (Å²) in [4.78, 5) is 18.5. The number of nitrogens with one attached hydrogen (secondary N) is 1. The van der Waals surface area contributed by atoms with Crippen molar-refractivity contribution in [1.82, 2.24) is 9.97 Å². The van der Waals surface area contributed by atoms with Crippen LogP contribution in [-0.2, 0) is 6.42 Å². The summed E-state index contributed by atoms with van der Waals surface area (Å²) in [5, 5.41) is 9.01. The first-order chi connectivity index (χ1) is 9.61.